The Hall–Kier alpha value is -2.43. The Morgan fingerprint density at radius 2 is 2.00 bits per heavy atom. The van der Waals surface area contributed by atoms with E-state index in [0.29, 0.717) is 11.4 Å². The average molecular weight is 268 g/mol. The molecule has 2 aromatic rings. The molecule has 0 aliphatic carbocycles. The van der Waals surface area contributed by atoms with Crippen molar-refractivity contribution in [3.8, 4) is 0 Å². The highest BCUT2D eigenvalue weighted by molar-refractivity contribution is 6.11. The summed E-state index contributed by atoms with van der Waals surface area (Å²) in [5, 5.41) is 2.95. The number of amides is 1. The van der Waals surface area contributed by atoms with Gasteiger partial charge in [0.05, 0.1) is 11.3 Å². The molecule has 2 aromatic heterocycles. The van der Waals surface area contributed by atoms with E-state index in [0.717, 1.165) is 30.0 Å². The van der Waals surface area contributed by atoms with E-state index in [1.165, 1.54) is 0 Å². The van der Waals surface area contributed by atoms with Crippen LogP contribution in [-0.2, 0) is 0 Å². The fourth-order valence-corrected chi connectivity index (χ4v) is 2.41. The fourth-order valence-electron chi connectivity index (χ4n) is 2.41. The summed E-state index contributed by atoms with van der Waals surface area (Å²) in [6, 6.07) is 5.47. The van der Waals surface area contributed by atoms with Crippen molar-refractivity contribution >= 4 is 23.2 Å². The lowest BCUT2D eigenvalue weighted by molar-refractivity contribution is 0.102. The molecular formula is C15H16N4O. The van der Waals surface area contributed by atoms with E-state index in [4.69, 9.17) is 0 Å². The molecule has 0 saturated carbocycles. The number of carbonyl (C=O) groups is 1. The molecule has 0 unspecified atom stereocenters. The van der Waals surface area contributed by atoms with Crippen LogP contribution in [0.15, 0.2) is 30.6 Å². The zero-order valence-corrected chi connectivity index (χ0v) is 11.6. The predicted octanol–water partition coefficient (Wildman–Crippen LogP) is 2.90. The summed E-state index contributed by atoms with van der Waals surface area (Å²) < 4.78 is 0. The van der Waals surface area contributed by atoms with Crippen LogP contribution in [0.5, 0.6) is 0 Å². The first-order valence-electron chi connectivity index (χ1n) is 6.72. The third-order valence-corrected chi connectivity index (χ3v) is 3.37. The van der Waals surface area contributed by atoms with E-state index in [2.05, 4.69) is 22.2 Å². The van der Waals surface area contributed by atoms with Gasteiger partial charge in [-0.1, -0.05) is 6.92 Å². The maximum atomic E-state index is 12.4. The van der Waals surface area contributed by atoms with Crippen LogP contribution in [-0.4, -0.2) is 22.4 Å². The number of fused-ring (bicyclic) bond motifs is 2. The van der Waals surface area contributed by atoms with Crippen molar-refractivity contribution in [1.29, 1.82) is 0 Å². The molecule has 0 spiro atoms. The second-order valence-electron chi connectivity index (χ2n) is 4.81. The molecule has 102 valence electrons. The first kappa shape index (κ1) is 12.6. The Labute approximate surface area is 117 Å². The third-order valence-electron chi connectivity index (χ3n) is 3.37. The number of hydrogen-bond acceptors (Lipinski definition) is 4. The molecule has 0 atom stereocenters. The first-order chi connectivity index (χ1) is 9.72. The van der Waals surface area contributed by atoms with Crippen molar-refractivity contribution in [2.45, 2.75) is 20.3 Å². The van der Waals surface area contributed by atoms with Gasteiger partial charge in [-0.05, 0) is 37.1 Å². The zero-order chi connectivity index (χ0) is 14.1. The number of rotatable bonds is 2. The minimum atomic E-state index is -0.135. The Bertz CT molecular complexity index is 669. The van der Waals surface area contributed by atoms with Crippen LogP contribution in [0.4, 0.5) is 17.3 Å². The zero-order valence-electron chi connectivity index (χ0n) is 11.6. The molecule has 0 saturated heterocycles. The molecule has 0 bridgehead atoms. The Balaban J connectivity index is 2.26. The molecule has 0 radical (unpaired) electrons. The molecule has 1 amide bonds. The van der Waals surface area contributed by atoms with E-state index >= 15 is 0 Å². The molecule has 3 heterocycles. The predicted molar refractivity (Wildman–Crippen MR) is 78.5 cm³/mol. The maximum Gasteiger partial charge on any atom is 0.259 e. The van der Waals surface area contributed by atoms with Crippen LogP contribution in [0.3, 0.4) is 0 Å². The van der Waals surface area contributed by atoms with Crippen molar-refractivity contribution in [3.63, 3.8) is 0 Å². The second kappa shape index (κ2) is 4.92. The van der Waals surface area contributed by atoms with E-state index in [1.807, 2.05) is 17.9 Å². The van der Waals surface area contributed by atoms with E-state index < -0.39 is 0 Å². The molecule has 5 nitrogen and oxygen atoms in total. The second-order valence-corrected chi connectivity index (χ2v) is 4.81. The quantitative estimate of drug-likeness (QED) is 0.909. The molecule has 0 fully saturated rings. The smallest absolute Gasteiger partial charge is 0.259 e. The van der Waals surface area contributed by atoms with Gasteiger partial charge < -0.3 is 10.2 Å². The highest BCUT2D eigenvalue weighted by Gasteiger charge is 2.27. The lowest BCUT2D eigenvalue weighted by Crippen LogP contribution is -2.21. The van der Waals surface area contributed by atoms with Crippen molar-refractivity contribution < 1.29 is 4.79 Å². The summed E-state index contributed by atoms with van der Waals surface area (Å²) in [4.78, 5) is 23.2. The van der Waals surface area contributed by atoms with Crippen LogP contribution in [0, 0.1) is 6.92 Å². The van der Waals surface area contributed by atoms with Gasteiger partial charge >= 0.3 is 0 Å². The lowest BCUT2D eigenvalue weighted by Gasteiger charge is -2.23. The standard InChI is InChI=1S/C15H16N4O/c1-3-9-19-13-11(5-4-7-16-13)15(20)18-12-10(2)6-8-17-14(12)19/h4-8H,3,9H2,1-2H3,(H,18,20). The van der Waals surface area contributed by atoms with Crippen molar-refractivity contribution in [3.05, 3.63) is 41.7 Å². The van der Waals surface area contributed by atoms with Gasteiger partial charge in [0.1, 0.15) is 5.82 Å². The number of aromatic nitrogens is 2. The fraction of sp³-hybridized carbons (Fsp3) is 0.267. The topological polar surface area (TPSA) is 58.1 Å². The minimum Gasteiger partial charge on any atom is -0.318 e. The SMILES string of the molecule is CCCN1c2ncccc2C(=O)Nc2c(C)ccnc21. The molecule has 1 aliphatic rings. The molecule has 20 heavy (non-hydrogen) atoms. The van der Waals surface area contributed by atoms with Crippen molar-refractivity contribution in [1.82, 2.24) is 9.97 Å². The van der Waals surface area contributed by atoms with Gasteiger partial charge in [-0.2, -0.15) is 0 Å². The molecule has 1 N–H and O–H groups in total. The maximum absolute atomic E-state index is 12.4. The number of aryl methyl sites for hydroxylation is 1. The monoisotopic (exact) mass is 268 g/mol. The number of nitrogens with zero attached hydrogens (tertiary/aromatic N) is 3. The van der Waals surface area contributed by atoms with Crippen molar-refractivity contribution in [2.75, 3.05) is 16.8 Å². The molecule has 5 heteroatoms. The Morgan fingerprint density at radius 1 is 1.20 bits per heavy atom. The van der Waals surface area contributed by atoms with Crippen LogP contribution >= 0.6 is 0 Å². The van der Waals surface area contributed by atoms with Gasteiger partial charge in [-0.15, -0.1) is 0 Å². The summed E-state index contributed by atoms with van der Waals surface area (Å²) >= 11 is 0. The molecule has 1 aliphatic heterocycles. The van der Waals surface area contributed by atoms with Gasteiger partial charge in [0.15, 0.2) is 5.82 Å². The van der Waals surface area contributed by atoms with Crippen LogP contribution in [0.1, 0.15) is 29.3 Å². The van der Waals surface area contributed by atoms with E-state index in [-0.39, 0.29) is 5.91 Å². The number of anilines is 3. The number of hydrogen-bond donors (Lipinski definition) is 1. The molecular weight excluding hydrogens is 252 g/mol. The van der Waals surface area contributed by atoms with Crippen molar-refractivity contribution in [2.24, 2.45) is 0 Å². The Kier molecular flexibility index (Phi) is 3.10. The van der Waals surface area contributed by atoms with Crippen LogP contribution in [0.2, 0.25) is 0 Å². The summed E-state index contributed by atoms with van der Waals surface area (Å²) in [5.74, 6) is 1.30. The third kappa shape index (κ3) is 1.91. The number of carbonyl (C=O) groups excluding carboxylic acids is 1. The van der Waals surface area contributed by atoms with E-state index in [1.54, 1.807) is 24.5 Å². The minimum absolute atomic E-state index is 0.135. The number of pyridine rings is 2. The van der Waals surface area contributed by atoms with Crippen LogP contribution < -0.4 is 10.2 Å². The summed E-state index contributed by atoms with van der Waals surface area (Å²) in [6.07, 6.45) is 4.41. The first-order valence-corrected chi connectivity index (χ1v) is 6.72. The van der Waals surface area contributed by atoms with Gasteiger partial charge in [-0.25, -0.2) is 9.97 Å². The van der Waals surface area contributed by atoms with Gasteiger partial charge in [0, 0.05) is 18.9 Å². The largest absolute Gasteiger partial charge is 0.318 e. The normalized spacial score (nSPS) is 13.3. The summed E-state index contributed by atoms with van der Waals surface area (Å²) in [6.45, 7) is 4.83. The number of nitrogens with one attached hydrogen (secondary N) is 1. The Morgan fingerprint density at radius 3 is 2.80 bits per heavy atom. The van der Waals surface area contributed by atoms with Gasteiger partial charge in [-0.3, -0.25) is 4.79 Å². The highest BCUT2D eigenvalue weighted by Crippen LogP contribution is 2.36. The molecule has 0 aromatic carbocycles. The highest BCUT2D eigenvalue weighted by atomic mass is 16.1. The summed E-state index contributed by atoms with van der Waals surface area (Å²) in [7, 11) is 0. The van der Waals surface area contributed by atoms with E-state index in [9.17, 15) is 4.79 Å². The van der Waals surface area contributed by atoms with Crippen LogP contribution in [0.25, 0.3) is 0 Å². The molecule has 3 rings (SSSR count). The average Bonchev–Trinajstić information content (AvgIpc) is 2.58. The van der Waals surface area contributed by atoms with Gasteiger partial charge in [0.2, 0.25) is 0 Å². The summed E-state index contributed by atoms with van der Waals surface area (Å²) in [5.41, 5.74) is 2.35. The van der Waals surface area contributed by atoms with Gasteiger partial charge in [0.25, 0.3) is 5.91 Å². The lowest BCUT2D eigenvalue weighted by atomic mass is 10.2.